The first-order valence-corrected chi connectivity index (χ1v) is 11.1. The van der Waals surface area contributed by atoms with Gasteiger partial charge in [0.15, 0.2) is 0 Å². The van der Waals surface area contributed by atoms with Gasteiger partial charge in [0.1, 0.15) is 0 Å². The van der Waals surface area contributed by atoms with Gasteiger partial charge in [-0.2, -0.15) is 18.3 Å². The summed E-state index contributed by atoms with van der Waals surface area (Å²) in [5.74, 6) is 1.60. The summed E-state index contributed by atoms with van der Waals surface area (Å²) in [5.41, 5.74) is 4.64. The highest BCUT2D eigenvalue weighted by Crippen LogP contribution is 2.30. The third-order valence-electron chi connectivity index (χ3n) is 5.57. The van der Waals surface area contributed by atoms with Gasteiger partial charge in [-0.15, -0.1) is 0 Å². The summed E-state index contributed by atoms with van der Waals surface area (Å²) >= 11 is 0. The second-order valence-corrected chi connectivity index (χ2v) is 8.04. The Balaban J connectivity index is 0.000000479. The van der Waals surface area contributed by atoms with Gasteiger partial charge in [0.05, 0.1) is 11.8 Å². The minimum atomic E-state index is -5.08. The third-order valence-corrected chi connectivity index (χ3v) is 5.57. The van der Waals surface area contributed by atoms with Crippen LogP contribution in [0.15, 0.2) is 78.0 Å². The van der Waals surface area contributed by atoms with Crippen LogP contribution < -0.4 is 5.84 Å². The van der Waals surface area contributed by atoms with Crippen LogP contribution in [-0.4, -0.2) is 39.1 Å². The van der Waals surface area contributed by atoms with Gasteiger partial charge in [-0.3, -0.25) is 0 Å². The maximum absolute atomic E-state index is 12.2. The number of hydrogen-bond donors (Lipinski definition) is 3. The number of halogens is 3. The lowest BCUT2D eigenvalue weighted by Crippen LogP contribution is -2.21. The molecule has 0 aliphatic carbocycles. The largest absolute Gasteiger partial charge is 0.490 e. The van der Waals surface area contributed by atoms with Gasteiger partial charge in [0, 0.05) is 24.0 Å². The van der Waals surface area contributed by atoms with E-state index in [9.17, 15) is 23.1 Å². The second-order valence-electron chi connectivity index (χ2n) is 8.04. The molecule has 0 atom stereocenters. The van der Waals surface area contributed by atoms with Gasteiger partial charge in [0.25, 0.3) is 0 Å². The molecule has 0 fully saturated rings. The normalized spacial score (nSPS) is 11.4. The first-order chi connectivity index (χ1) is 17.5. The van der Waals surface area contributed by atoms with Gasteiger partial charge < -0.3 is 20.6 Å². The standard InChI is InChI=1S/C25H23N3O2.C2HF3O2/c1-2-23-24(25(29)30)22(21-9-5-6-17(12-21)14-27-26)16-28(23)15-18-10-11-19-7-3-4-8-20(19)13-18;3-2(4,5)1(6)7/h3-14,16H,2,15,26H2,1H3,(H,29,30);(H,6,7). The van der Waals surface area contributed by atoms with Crippen LogP contribution in [0.2, 0.25) is 0 Å². The summed E-state index contributed by atoms with van der Waals surface area (Å²) in [6, 6.07) is 22.2. The predicted molar refractivity (Wildman–Crippen MR) is 135 cm³/mol. The minimum Gasteiger partial charge on any atom is -0.478 e. The number of benzene rings is 3. The molecular weight excluding hydrogens is 487 g/mol. The molecular formula is C27H24F3N3O4. The highest BCUT2D eigenvalue weighted by atomic mass is 19.4. The van der Waals surface area contributed by atoms with Crippen molar-refractivity contribution in [2.75, 3.05) is 0 Å². The molecule has 0 saturated heterocycles. The predicted octanol–water partition coefficient (Wildman–Crippen LogP) is 5.54. The van der Waals surface area contributed by atoms with Crippen LogP contribution in [0.4, 0.5) is 13.2 Å². The lowest BCUT2D eigenvalue weighted by molar-refractivity contribution is -0.192. The number of nitrogens with two attached hydrogens (primary N) is 1. The van der Waals surface area contributed by atoms with E-state index in [0.717, 1.165) is 22.4 Å². The molecule has 1 heterocycles. The average molecular weight is 512 g/mol. The van der Waals surface area contributed by atoms with Gasteiger partial charge in [-0.25, -0.2) is 9.59 Å². The van der Waals surface area contributed by atoms with Crippen LogP contribution in [0.3, 0.4) is 0 Å². The summed E-state index contributed by atoms with van der Waals surface area (Å²) < 4.78 is 33.8. The monoisotopic (exact) mass is 511 g/mol. The lowest BCUT2D eigenvalue weighted by atomic mass is 10.0. The first-order valence-electron chi connectivity index (χ1n) is 11.1. The number of aliphatic carboxylic acids is 1. The zero-order chi connectivity index (χ0) is 27.2. The van der Waals surface area contributed by atoms with E-state index in [0.29, 0.717) is 24.1 Å². The van der Waals surface area contributed by atoms with Crippen molar-refractivity contribution in [2.45, 2.75) is 26.1 Å². The number of carboxylic acid groups (broad SMARTS) is 2. The van der Waals surface area contributed by atoms with E-state index < -0.39 is 18.1 Å². The number of aromatic nitrogens is 1. The highest BCUT2D eigenvalue weighted by molar-refractivity contribution is 5.98. The molecule has 3 aromatic carbocycles. The van der Waals surface area contributed by atoms with E-state index in [2.05, 4.69) is 35.4 Å². The number of aromatic carboxylic acids is 1. The molecule has 0 aliphatic heterocycles. The Morgan fingerprint density at radius 1 is 1.00 bits per heavy atom. The fourth-order valence-corrected chi connectivity index (χ4v) is 3.98. The summed E-state index contributed by atoms with van der Waals surface area (Å²) in [6.45, 7) is 2.60. The van der Waals surface area contributed by atoms with Gasteiger partial charge >= 0.3 is 18.1 Å². The molecule has 10 heteroatoms. The van der Waals surface area contributed by atoms with E-state index in [1.807, 2.05) is 54.1 Å². The number of hydrogen-bond acceptors (Lipinski definition) is 4. The number of carboxylic acids is 2. The molecule has 1 aromatic heterocycles. The molecule has 37 heavy (non-hydrogen) atoms. The van der Waals surface area contributed by atoms with E-state index >= 15 is 0 Å². The Morgan fingerprint density at radius 3 is 2.27 bits per heavy atom. The fourth-order valence-electron chi connectivity index (χ4n) is 3.98. The van der Waals surface area contributed by atoms with E-state index in [-0.39, 0.29) is 0 Å². The molecule has 0 aliphatic rings. The van der Waals surface area contributed by atoms with Gasteiger partial charge in [-0.05, 0) is 46.0 Å². The van der Waals surface area contributed by atoms with Crippen molar-refractivity contribution in [3.63, 3.8) is 0 Å². The quantitative estimate of drug-likeness (QED) is 0.178. The minimum absolute atomic E-state index is 0.347. The molecule has 0 bridgehead atoms. The molecule has 0 spiro atoms. The lowest BCUT2D eigenvalue weighted by Gasteiger charge is -2.10. The molecule has 0 saturated carbocycles. The Hall–Kier alpha value is -4.60. The van der Waals surface area contributed by atoms with Crippen LogP contribution in [-0.2, 0) is 17.8 Å². The topological polar surface area (TPSA) is 118 Å². The Kier molecular flexibility index (Phi) is 8.33. The summed E-state index contributed by atoms with van der Waals surface area (Å²) in [5, 5.41) is 23.0. The van der Waals surface area contributed by atoms with Crippen molar-refractivity contribution in [3.05, 3.63) is 95.3 Å². The molecule has 0 radical (unpaired) electrons. The zero-order valence-electron chi connectivity index (χ0n) is 19.7. The molecule has 0 amide bonds. The number of nitrogens with zero attached hydrogens (tertiary/aromatic N) is 2. The van der Waals surface area contributed by atoms with Crippen molar-refractivity contribution in [1.29, 1.82) is 0 Å². The molecule has 192 valence electrons. The fraction of sp³-hybridized carbons (Fsp3) is 0.148. The Morgan fingerprint density at radius 2 is 1.68 bits per heavy atom. The smallest absolute Gasteiger partial charge is 0.478 e. The van der Waals surface area contributed by atoms with E-state index in [4.69, 9.17) is 15.7 Å². The SMILES string of the molecule is CCc1c(C(=O)O)c(-c2cccc(C=NN)c2)cn1Cc1ccc2ccccc2c1.O=C(O)C(F)(F)F. The van der Waals surface area contributed by atoms with E-state index in [1.54, 1.807) is 6.21 Å². The van der Waals surface area contributed by atoms with Crippen LogP contribution in [0, 0.1) is 0 Å². The van der Waals surface area contributed by atoms with Crippen LogP contribution in [0.25, 0.3) is 21.9 Å². The maximum Gasteiger partial charge on any atom is 0.490 e. The van der Waals surface area contributed by atoms with Crippen LogP contribution in [0.5, 0.6) is 0 Å². The van der Waals surface area contributed by atoms with Crippen LogP contribution >= 0.6 is 0 Å². The third kappa shape index (κ3) is 6.54. The van der Waals surface area contributed by atoms with Crippen LogP contribution in [0.1, 0.15) is 34.1 Å². The van der Waals surface area contributed by atoms with Crippen molar-refractivity contribution >= 4 is 28.9 Å². The van der Waals surface area contributed by atoms with Crippen molar-refractivity contribution < 1.29 is 33.0 Å². The zero-order valence-corrected chi connectivity index (χ0v) is 19.7. The number of carbonyl (C=O) groups is 2. The molecule has 7 nitrogen and oxygen atoms in total. The number of hydrazone groups is 1. The number of fused-ring (bicyclic) bond motifs is 1. The van der Waals surface area contributed by atoms with Gasteiger partial charge in [-0.1, -0.05) is 61.5 Å². The molecule has 4 rings (SSSR count). The van der Waals surface area contributed by atoms with Crippen molar-refractivity contribution in [2.24, 2.45) is 10.9 Å². The first kappa shape index (κ1) is 27.0. The summed E-state index contributed by atoms with van der Waals surface area (Å²) in [6.07, 6.45) is -0.966. The number of alkyl halides is 3. The maximum atomic E-state index is 12.2. The summed E-state index contributed by atoms with van der Waals surface area (Å²) in [4.78, 5) is 21.1. The summed E-state index contributed by atoms with van der Waals surface area (Å²) in [7, 11) is 0. The van der Waals surface area contributed by atoms with Crippen molar-refractivity contribution in [3.8, 4) is 11.1 Å². The molecule has 4 aromatic rings. The Bertz CT molecular complexity index is 1460. The highest BCUT2D eigenvalue weighted by Gasteiger charge is 2.38. The van der Waals surface area contributed by atoms with Gasteiger partial charge in [0.2, 0.25) is 0 Å². The Labute approximate surface area is 210 Å². The molecule has 4 N–H and O–H groups in total. The van der Waals surface area contributed by atoms with Crippen molar-refractivity contribution in [1.82, 2.24) is 4.57 Å². The van der Waals surface area contributed by atoms with E-state index in [1.165, 1.54) is 10.8 Å². The second kappa shape index (κ2) is 11.4. The average Bonchev–Trinajstić information content (AvgIpc) is 3.22. The number of rotatable bonds is 6. The molecule has 0 unspecified atom stereocenters.